The van der Waals surface area contributed by atoms with Crippen LogP contribution in [-0.2, 0) is 134 Å². The molecular formula is C106H157N14O19+. The lowest BCUT2D eigenvalue weighted by Gasteiger charge is -2.56. The van der Waals surface area contributed by atoms with E-state index in [1.54, 1.807) is 25.7 Å². The third kappa shape index (κ3) is 31.5. The molecule has 5 aliphatic carbocycles. The average Bonchev–Trinajstić information content (AvgIpc) is 1.46. The van der Waals surface area contributed by atoms with E-state index in [0.717, 1.165) is 121 Å². The van der Waals surface area contributed by atoms with Crippen LogP contribution >= 0.6 is 0 Å². The molecule has 1 aromatic heterocycles. The van der Waals surface area contributed by atoms with Gasteiger partial charge in [0.05, 0.1) is 175 Å². The summed E-state index contributed by atoms with van der Waals surface area (Å²) in [4.78, 5) is 141. The van der Waals surface area contributed by atoms with Crippen molar-refractivity contribution in [3.8, 4) is 0 Å². The largest absolute Gasteiger partial charge is 0.399 e. The summed E-state index contributed by atoms with van der Waals surface area (Å²) in [5.74, 6) is -3.77. The third-order valence-corrected chi connectivity index (χ3v) is 29.0. The fraction of sp³-hybridized carbons (Fsp3) is 0.642. The number of aromatic nitrogens is 3. The molecule has 0 bridgehead atoms. The molecule has 33 nitrogen and oxygen atoms in total. The molecule has 764 valence electrons. The number of hydrogen-bond donors (Lipinski definition) is 9. The van der Waals surface area contributed by atoms with Crippen molar-refractivity contribution in [2.24, 2.45) is 28.6 Å². The van der Waals surface area contributed by atoms with Gasteiger partial charge in [-0.05, 0) is 201 Å². The highest BCUT2D eigenvalue weighted by molar-refractivity contribution is 6.02. The maximum atomic E-state index is 15.0. The van der Waals surface area contributed by atoms with Crippen LogP contribution in [0.3, 0.4) is 0 Å². The summed E-state index contributed by atoms with van der Waals surface area (Å²) in [6.45, 7) is 23.3. The standard InChI is InChI=1S/C106H156N14O19/c1-73(2)96(100(128)111-75(4)98(126)112-81-37-33-77-35-39-90-104(6,84(77)70-81)45-22-47-106(90,8)102(130)115-101(129)105(7)46-21-44-103(5)83-69-80(107)36-32-76(83)34-38-89(103)105)114-99(127)85(26-19-20-48-108-94(124)72-139-88-29-14-12-13-28-87-97(88)116-117-119(87)51-56-134-60-64-138-68-66-135-61-57-131-53-42-92(122)109-49-52-120(9,10)11)113-93(123)43-54-132-58-62-136-65-67-137-63-59-133-55-50-110-91(121)40-41-95(125)118-71-79-24-15-17-25-82(79)74(3)30-31-78-23-16-18-27-86(78)118/h15-18,23-25,27,30-33,36-37,69-70,73-75,85,88-90,96H,12-14,19-22,26,28-29,34-35,38-68,71-72,107H2,1-11H3,(H7-,108,109,110,111,112,113,114,115,121,122,123,124,126,127,128,129,130)/p+1/b31-30-/t74?,75-,85+,88?,89+,90+,96-,103+,104+,105-,106-/m0/s1. The second-order valence-electron chi connectivity index (χ2n) is 40.6. The number of ether oxygens (including phenoxy) is 9. The summed E-state index contributed by atoms with van der Waals surface area (Å²) < 4.78 is 54.5. The Balaban J connectivity index is 0.609. The van der Waals surface area contributed by atoms with Crippen molar-refractivity contribution >= 4 is 82.2 Å². The zero-order valence-corrected chi connectivity index (χ0v) is 84.2. The van der Waals surface area contributed by atoms with Gasteiger partial charge in [0.2, 0.25) is 59.1 Å². The van der Waals surface area contributed by atoms with Gasteiger partial charge in [0, 0.05) is 50.1 Å². The first-order valence-electron chi connectivity index (χ1n) is 50.8. The Labute approximate surface area is 821 Å². The number of nitrogens with two attached hydrogens (primary N) is 1. The molecule has 11 atom stereocenters. The van der Waals surface area contributed by atoms with Crippen LogP contribution in [0, 0.1) is 28.6 Å². The number of benzene rings is 4. The van der Waals surface area contributed by atoms with E-state index in [-0.39, 0.29) is 150 Å². The monoisotopic (exact) mass is 1930 g/mol. The number of likely N-dealkylation sites (N-methyl/N-ethyl adjacent to an activating group) is 1. The molecule has 11 rings (SSSR count). The van der Waals surface area contributed by atoms with Crippen molar-refractivity contribution in [3.05, 3.63) is 141 Å². The maximum absolute atomic E-state index is 15.0. The topological polar surface area (TPSA) is 410 Å². The van der Waals surface area contributed by atoms with Crippen molar-refractivity contribution < 1.29 is 95.1 Å². The zero-order chi connectivity index (χ0) is 99.5. The van der Waals surface area contributed by atoms with Gasteiger partial charge in [0.15, 0.2) is 0 Å². The van der Waals surface area contributed by atoms with E-state index >= 15 is 4.79 Å². The van der Waals surface area contributed by atoms with Crippen molar-refractivity contribution in [1.29, 1.82) is 0 Å². The molecule has 2 saturated carbocycles. The summed E-state index contributed by atoms with van der Waals surface area (Å²) in [7, 11) is 6.24. The Morgan fingerprint density at radius 1 is 0.525 bits per heavy atom. The van der Waals surface area contributed by atoms with Gasteiger partial charge in [-0.15, -0.1) is 5.10 Å². The number of unbranched alkanes of at least 4 members (excludes halogenated alkanes) is 1. The highest BCUT2D eigenvalue weighted by Crippen LogP contribution is 2.60. The van der Waals surface area contributed by atoms with Crippen molar-refractivity contribution in [3.63, 3.8) is 0 Å². The van der Waals surface area contributed by atoms with Crippen LogP contribution in [0.2, 0.25) is 0 Å². The highest BCUT2D eigenvalue weighted by atomic mass is 16.6. The fourth-order valence-corrected chi connectivity index (χ4v) is 21.1. The van der Waals surface area contributed by atoms with Crippen LogP contribution in [0.25, 0.3) is 6.08 Å². The number of nitrogens with zero attached hydrogens (tertiary/aromatic N) is 5. The maximum Gasteiger partial charge on any atom is 0.246 e. The Bertz CT molecular complexity index is 4920. The van der Waals surface area contributed by atoms with Gasteiger partial charge in [-0.2, -0.15) is 0 Å². The number of rotatable bonds is 54. The number of anilines is 3. The van der Waals surface area contributed by atoms with Crippen molar-refractivity contribution in [2.45, 2.75) is 251 Å². The number of hydrogen-bond acceptors (Lipinski definition) is 22. The minimum absolute atomic E-state index is 0.00909. The SMILES string of the molecule is CC1/C=C\c2ccccc2N(C(=O)CCC(=O)NCCOCCOCCOCCOCCC(=O)N[C@H](CCCCNC(=O)COC2CCCCCc3c2nnn3CCOCCOCCOCCOCCC(=O)NCC[N+](C)(C)C)C(=O)N[C@H](C(=O)N[C@@H](C)C(=O)Nc2ccc3c(c2)[C@@]2(C)CCC[C@](C)(C(=O)NC(=O)[C@@]4(C)CCC[C@]5(C)c6cc(N)ccc6CC[C@@H]45)[C@@H]2CC3)C(C)C)Cc2ccccc21. The van der Waals surface area contributed by atoms with Gasteiger partial charge >= 0.3 is 0 Å². The van der Waals surface area contributed by atoms with E-state index in [9.17, 15) is 43.2 Å². The highest BCUT2D eigenvalue weighted by Gasteiger charge is 2.59. The van der Waals surface area contributed by atoms with Crippen LogP contribution in [0.1, 0.15) is 240 Å². The molecule has 5 aromatic rings. The fourth-order valence-electron chi connectivity index (χ4n) is 21.1. The molecule has 10 amide bonds. The van der Waals surface area contributed by atoms with Gasteiger partial charge in [0.1, 0.15) is 36.5 Å². The summed E-state index contributed by atoms with van der Waals surface area (Å²) in [5.41, 5.74) is 15.5. The number of amides is 10. The Kier molecular flexibility index (Phi) is 42.3. The van der Waals surface area contributed by atoms with E-state index in [4.69, 9.17) is 48.4 Å². The molecule has 2 unspecified atom stereocenters. The lowest BCUT2D eigenvalue weighted by Crippen LogP contribution is -2.60. The number of fused-ring (bicyclic) bond motifs is 9. The molecule has 10 N–H and O–H groups in total. The molecule has 1 aliphatic heterocycles. The first kappa shape index (κ1) is 109. The predicted molar refractivity (Wildman–Crippen MR) is 531 cm³/mol. The number of carbonyl (C=O) groups is 10. The van der Waals surface area contributed by atoms with Crippen LogP contribution in [0.4, 0.5) is 17.1 Å². The van der Waals surface area contributed by atoms with Crippen molar-refractivity contribution in [1.82, 2.24) is 52.2 Å². The Morgan fingerprint density at radius 3 is 1.73 bits per heavy atom. The lowest BCUT2D eigenvalue weighted by molar-refractivity contribution is -0.869. The number of nitrogens with one attached hydrogen (secondary N) is 8. The van der Waals surface area contributed by atoms with Gasteiger partial charge in [-0.25, -0.2) is 4.68 Å². The van der Waals surface area contributed by atoms with Gasteiger partial charge < -0.3 is 95.0 Å². The number of quaternary nitrogens is 1. The zero-order valence-electron chi connectivity index (χ0n) is 84.2. The minimum atomic E-state index is -1.13. The molecule has 139 heavy (non-hydrogen) atoms. The molecule has 4 aromatic carbocycles. The van der Waals surface area contributed by atoms with E-state index < -0.39 is 70.0 Å². The molecule has 0 saturated heterocycles. The van der Waals surface area contributed by atoms with Crippen LogP contribution in [-0.4, -0.2) is 256 Å². The van der Waals surface area contributed by atoms with Crippen LogP contribution < -0.4 is 53.2 Å². The number of para-hydroxylation sites is 1. The first-order chi connectivity index (χ1) is 66.8. The quantitative estimate of drug-likeness (QED) is 0.00756. The number of imide groups is 1. The molecule has 0 radical (unpaired) electrons. The van der Waals surface area contributed by atoms with E-state index in [1.807, 2.05) is 78.3 Å². The minimum Gasteiger partial charge on any atom is -0.399 e. The van der Waals surface area contributed by atoms with E-state index in [0.29, 0.717) is 141 Å². The third-order valence-electron chi connectivity index (χ3n) is 29.0. The number of carbonyl (C=O) groups excluding carboxylic acids is 10. The second kappa shape index (κ2) is 53.8. The predicted octanol–water partition coefficient (Wildman–Crippen LogP) is 10.4. The lowest BCUT2D eigenvalue weighted by atomic mass is 9.49. The summed E-state index contributed by atoms with van der Waals surface area (Å²) in [6.07, 6.45) is 17.1. The molecule has 0 spiro atoms. The summed E-state index contributed by atoms with van der Waals surface area (Å²) >= 11 is 0. The molecule has 33 heteroatoms. The summed E-state index contributed by atoms with van der Waals surface area (Å²) in [5, 5.41) is 32.4. The normalized spacial score (nSPS) is 21.9. The molecule has 2 fully saturated rings. The summed E-state index contributed by atoms with van der Waals surface area (Å²) in [6, 6.07) is 24.7. The van der Waals surface area contributed by atoms with Crippen LogP contribution in [0.5, 0.6) is 0 Å². The number of nitrogen functional groups attached to an aromatic ring is 1. The smallest absolute Gasteiger partial charge is 0.246 e. The average molecular weight is 1930 g/mol. The number of allylic oxidation sites excluding steroid dienone is 1. The van der Waals surface area contributed by atoms with Crippen LogP contribution in [0.15, 0.2) is 91.0 Å². The number of aryl methyl sites for hydroxylation is 2. The second-order valence-corrected chi connectivity index (χ2v) is 40.6. The van der Waals surface area contributed by atoms with Gasteiger partial charge in [0.25, 0.3) is 0 Å². The molecular weight excluding hydrogens is 1770 g/mol. The first-order valence-corrected chi connectivity index (χ1v) is 50.8. The Hall–Kier alpha value is -9.94. The van der Waals surface area contributed by atoms with Gasteiger partial charge in [-0.1, -0.05) is 146 Å². The van der Waals surface area contributed by atoms with Gasteiger partial charge in [-0.3, -0.25) is 53.3 Å². The van der Waals surface area contributed by atoms with E-state index in [2.05, 4.69) is 132 Å². The van der Waals surface area contributed by atoms with Crippen molar-refractivity contribution in [2.75, 3.05) is 176 Å². The molecule has 2 heterocycles. The van der Waals surface area contributed by atoms with E-state index in [1.165, 1.54) is 11.1 Å². The Morgan fingerprint density at radius 2 is 1.09 bits per heavy atom. The molecule has 6 aliphatic rings.